The highest BCUT2D eigenvalue weighted by Gasteiger charge is 2.48. The first kappa shape index (κ1) is 89.0. The molecule has 0 aliphatic carbocycles. The summed E-state index contributed by atoms with van der Waals surface area (Å²) in [5.41, 5.74) is 49.8. The number of aryl methyl sites for hydroxylation is 10. The maximum atomic E-state index is 7.13. The molecule has 0 atom stereocenters. The Bertz CT molecular complexity index is 8680. The predicted octanol–water partition coefficient (Wildman–Crippen LogP) is 30.3. The fourth-order valence-corrected chi connectivity index (χ4v) is 23.1. The van der Waals surface area contributed by atoms with Gasteiger partial charge < -0.3 is 28.4 Å². The van der Waals surface area contributed by atoms with E-state index in [0.717, 1.165) is 218 Å². The fourth-order valence-electron chi connectivity index (χ4n) is 23.1. The Kier molecular flexibility index (Phi) is 22.5. The van der Waals surface area contributed by atoms with E-state index in [1.165, 1.54) is 89.0 Å². The number of benzene rings is 21. The molecule has 0 bridgehead atoms. The van der Waals surface area contributed by atoms with Crippen molar-refractivity contribution in [2.45, 2.75) is 69.2 Å². The minimum Gasteiger partial charge on any atom is -0.458 e. The van der Waals surface area contributed by atoms with Crippen LogP contribution in [0.5, 0.6) is 69.0 Å². The van der Waals surface area contributed by atoms with Crippen LogP contribution in [-0.4, -0.2) is 20.1 Å². The van der Waals surface area contributed by atoms with Crippen LogP contribution in [0.1, 0.15) is 55.6 Å². The van der Waals surface area contributed by atoms with Crippen LogP contribution in [-0.2, 0) is 0 Å². The Balaban J connectivity index is 0.000000114. The molecule has 6 nitrogen and oxygen atoms in total. The Labute approximate surface area is 849 Å². The molecule has 0 fully saturated rings. The van der Waals surface area contributed by atoms with E-state index < -0.39 is 0 Å². The molecule has 0 spiro atoms. The fraction of sp³-hybridized carbons (Fsp3) is 0.0735. The van der Waals surface area contributed by atoms with Crippen molar-refractivity contribution < 1.29 is 28.4 Å². The van der Waals surface area contributed by atoms with Crippen LogP contribution in [0.4, 0.5) is 0 Å². The number of fused-ring (bicyclic) bond motifs is 12. The van der Waals surface area contributed by atoms with Crippen molar-refractivity contribution in [1.29, 1.82) is 0 Å². The summed E-state index contributed by atoms with van der Waals surface area (Å²) in [6.45, 7) is 21.5. The third kappa shape index (κ3) is 15.6. The zero-order valence-corrected chi connectivity index (χ0v) is 82.7. The molecule has 6 aliphatic heterocycles. The molecule has 27 rings (SSSR count). The van der Waals surface area contributed by atoms with Gasteiger partial charge in [0.05, 0.1) is 0 Å². The van der Waals surface area contributed by atoms with Gasteiger partial charge in [0.25, 0.3) is 20.1 Å². The lowest BCUT2D eigenvalue weighted by atomic mass is 9.34. The van der Waals surface area contributed by atoms with Crippen LogP contribution < -0.4 is 77.6 Å². The van der Waals surface area contributed by atoms with Gasteiger partial charge in [-0.25, -0.2) is 0 Å². The Morgan fingerprint density at radius 2 is 0.290 bits per heavy atom. The Morgan fingerprint density at radius 1 is 0.124 bits per heavy atom. The van der Waals surface area contributed by atoms with Crippen LogP contribution in [0.2, 0.25) is 0 Å². The number of hydrogen-bond acceptors (Lipinski definition) is 6. The summed E-state index contributed by atoms with van der Waals surface area (Å²) in [5, 5.41) is 0. The van der Waals surface area contributed by atoms with Crippen molar-refractivity contribution in [1.82, 2.24) is 0 Å². The lowest BCUT2D eigenvalue weighted by molar-refractivity contribution is 0.466. The minimum absolute atomic E-state index is 0.0641. The third-order valence-corrected chi connectivity index (χ3v) is 30.5. The number of rotatable bonds is 12. The summed E-state index contributed by atoms with van der Waals surface area (Å²) >= 11 is 0. The molecule has 21 aromatic rings. The van der Waals surface area contributed by atoms with E-state index in [1.54, 1.807) is 0 Å². The van der Waals surface area contributed by atoms with Gasteiger partial charge in [-0.3, -0.25) is 0 Å². The summed E-state index contributed by atoms with van der Waals surface area (Å²) < 4.78 is 42.6. The number of hydrogen-bond donors (Lipinski definition) is 0. The van der Waals surface area contributed by atoms with Crippen molar-refractivity contribution in [3.8, 4) is 203 Å². The molecule has 9 heteroatoms. The molecule has 0 amide bonds. The monoisotopic (exact) mass is 1860 g/mol. The van der Waals surface area contributed by atoms with Gasteiger partial charge in [-0.05, 0) is 312 Å². The summed E-state index contributed by atoms with van der Waals surface area (Å²) in [6.07, 6.45) is 0. The normalized spacial score (nSPS) is 12.4. The van der Waals surface area contributed by atoms with E-state index in [2.05, 4.69) is 500 Å². The molecule has 0 saturated heterocycles. The SMILES string of the molecule is Cc1ccccc1-c1ccc2c(c1)Oc1c(-c3ccccc3)cc(-c3ccccc3C)c3c1B2c1ccc(-c2ccccc2C)cc1O3.Cc1ccccc1-c1ccc2c(c1)Oc1c(-c3ccccc3C)cc(-c3ccccc3C)c3c1B2c1ccc(-c2ccccc2)cc1O3.Cc1ccccc1-c1ccc2c(c1)Oc1c(-c3ccccc3C)cc(-c3ccccc3C)c3c1B2c1ccc(-c2ccccc2C)cc1O3. The van der Waals surface area contributed by atoms with Crippen LogP contribution in [0, 0.1) is 69.2 Å². The van der Waals surface area contributed by atoms with Crippen molar-refractivity contribution in [3.63, 3.8) is 0 Å². The van der Waals surface area contributed by atoms with Gasteiger partial charge in [0.15, 0.2) is 0 Å². The van der Waals surface area contributed by atoms with Gasteiger partial charge in [-0.2, -0.15) is 0 Å². The highest BCUT2D eigenvalue weighted by molar-refractivity contribution is 7.00. The summed E-state index contributed by atoms with van der Waals surface area (Å²) in [7, 11) is 0. The smallest absolute Gasteiger partial charge is 0.260 e. The second-order valence-electron chi connectivity index (χ2n) is 39.4. The quantitative estimate of drug-likeness (QED) is 0.114. The maximum Gasteiger partial charge on any atom is 0.260 e. The van der Waals surface area contributed by atoms with Crippen molar-refractivity contribution >= 4 is 69.3 Å². The van der Waals surface area contributed by atoms with Crippen LogP contribution in [0.15, 0.2) is 431 Å². The van der Waals surface area contributed by atoms with Crippen molar-refractivity contribution in [2.75, 3.05) is 0 Å². The lowest BCUT2D eigenvalue weighted by Gasteiger charge is -2.36. The maximum absolute atomic E-state index is 7.13. The Hall–Kier alpha value is -17.4. The predicted molar refractivity (Wildman–Crippen MR) is 605 cm³/mol. The summed E-state index contributed by atoms with van der Waals surface area (Å²) in [5.74, 6) is 10.5. The molecule has 6 aliphatic rings. The first-order chi connectivity index (χ1) is 71.1. The average molecular weight is 1860 g/mol. The van der Waals surface area contributed by atoms with Gasteiger partial charge in [-0.1, -0.05) is 376 Å². The van der Waals surface area contributed by atoms with Gasteiger partial charge in [0.1, 0.15) is 69.0 Å². The molecule has 6 heterocycles. The zero-order valence-electron chi connectivity index (χ0n) is 82.7. The molecular formula is C136H101B3O6. The van der Waals surface area contributed by atoms with E-state index in [0.29, 0.717) is 0 Å². The van der Waals surface area contributed by atoms with Gasteiger partial charge in [0, 0.05) is 49.8 Å². The average Bonchev–Trinajstić information content (AvgIpc) is 0.710. The van der Waals surface area contributed by atoms with E-state index in [9.17, 15) is 0 Å². The van der Waals surface area contributed by atoms with Crippen LogP contribution >= 0.6 is 0 Å². The van der Waals surface area contributed by atoms with Crippen molar-refractivity contribution in [2.24, 2.45) is 0 Å². The van der Waals surface area contributed by atoms with E-state index in [4.69, 9.17) is 28.4 Å². The Morgan fingerprint density at radius 3 is 0.503 bits per heavy atom. The second kappa shape index (κ2) is 36.6. The van der Waals surface area contributed by atoms with Gasteiger partial charge in [0.2, 0.25) is 0 Å². The van der Waals surface area contributed by atoms with Gasteiger partial charge in [-0.15, -0.1) is 0 Å². The molecule has 0 aromatic heterocycles. The molecule has 21 aromatic carbocycles. The molecule has 0 N–H and O–H groups in total. The molecule has 0 radical (unpaired) electrons. The number of ether oxygens (including phenoxy) is 6. The minimum atomic E-state index is -0.0684. The first-order valence-electron chi connectivity index (χ1n) is 50.3. The molecule has 690 valence electrons. The highest BCUT2D eigenvalue weighted by Crippen LogP contribution is 2.54. The van der Waals surface area contributed by atoms with E-state index in [-0.39, 0.29) is 20.1 Å². The third-order valence-electron chi connectivity index (χ3n) is 30.5. The second-order valence-corrected chi connectivity index (χ2v) is 39.4. The van der Waals surface area contributed by atoms with Crippen LogP contribution in [0.3, 0.4) is 0 Å². The first-order valence-corrected chi connectivity index (χ1v) is 50.3. The summed E-state index contributed by atoms with van der Waals surface area (Å²) in [4.78, 5) is 0. The molecular weight excluding hydrogens is 1760 g/mol. The largest absolute Gasteiger partial charge is 0.458 e. The highest BCUT2D eigenvalue weighted by atomic mass is 16.5. The topological polar surface area (TPSA) is 55.4 Å². The summed E-state index contributed by atoms with van der Waals surface area (Å²) in [6, 6.07) is 154. The van der Waals surface area contributed by atoms with E-state index >= 15 is 0 Å². The molecule has 0 unspecified atom stereocenters. The lowest BCUT2D eigenvalue weighted by Crippen LogP contribution is -2.57. The van der Waals surface area contributed by atoms with E-state index in [1.807, 2.05) is 0 Å². The molecule has 145 heavy (non-hydrogen) atoms. The zero-order chi connectivity index (χ0) is 97.9. The van der Waals surface area contributed by atoms with Crippen molar-refractivity contribution in [3.05, 3.63) is 486 Å². The van der Waals surface area contributed by atoms with Gasteiger partial charge >= 0.3 is 0 Å². The molecule has 0 saturated carbocycles. The van der Waals surface area contributed by atoms with Crippen LogP contribution in [0.25, 0.3) is 134 Å². The standard InChI is InChI=1S/C46H35BO2.2C45H33BO2/c1-28-13-5-9-17-34(28)32-21-23-40-42(25-32)48-45-38(36-19-11-7-15-30(36)3)27-39(37-20-12-8-16-31(37)4)46-44(45)47(40)41-24-22-33(26-43(41)49-46)35-18-10-6-14-29(35)2;1-28-13-7-10-18-34(28)32-21-23-39-41(25-32)47-44-37(31-16-5-4-6-17-31)27-38(36-20-12-9-15-30(36)3)45-43(44)46(39)40-24-22-33(26-42(40)48-45)35-19-11-8-14-29(35)2;1-28-13-7-10-18-34(28)33-22-24-40-42(26-33)48-45-38(36-20-12-9-15-30(36)3)27-37(35-19-11-8-14-29(35)2)44-43(45)46(40)39-23-21-32(25-41(39)47-44)31-16-5-4-6-17-31/h5-27H,1-4H3;2*4-27H,1-3H3.